The Bertz CT molecular complexity index is 1000. The van der Waals surface area contributed by atoms with Crippen molar-refractivity contribution in [3.63, 3.8) is 0 Å². The van der Waals surface area contributed by atoms with Crippen LogP contribution in [0.4, 0.5) is 0 Å². The van der Waals surface area contributed by atoms with Gasteiger partial charge in [-0.15, -0.1) is 23.2 Å². The van der Waals surface area contributed by atoms with E-state index in [1.165, 1.54) is 24.3 Å². The molecule has 154 valence electrons. The van der Waals surface area contributed by atoms with E-state index in [2.05, 4.69) is 0 Å². The van der Waals surface area contributed by atoms with Crippen LogP contribution in [-0.4, -0.2) is 42.4 Å². The molecule has 0 amide bonds. The molecule has 0 heterocycles. The Kier molecular flexibility index (Phi) is 5.81. The average molecular weight is 439 g/mol. The number of ketones is 2. The fourth-order valence-electron chi connectivity index (χ4n) is 3.71. The Hall–Kier alpha value is -2.28. The quantitative estimate of drug-likeness (QED) is 0.343. The van der Waals surface area contributed by atoms with Gasteiger partial charge in [0, 0.05) is 5.56 Å². The first-order valence-electron chi connectivity index (χ1n) is 9.12. The number of alkyl halides is 2. The summed E-state index contributed by atoms with van der Waals surface area (Å²) in [6.45, 7) is 1.86. The third-order valence-electron chi connectivity index (χ3n) is 5.24. The lowest BCUT2D eigenvalue weighted by Crippen LogP contribution is -2.36. The molecule has 2 aromatic rings. The van der Waals surface area contributed by atoms with Crippen molar-refractivity contribution in [3.05, 3.63) is 52.1 Å². The van der Waals surface area contributed by atoms with E-state index in [0.717, 1.165) is 0 Å². The summed E-state index contributed by atoms with van der Waals surface area (Å²) in [5.74, 6) is -2.77. The van der Waals surface area contributed by atoms with Gasteiger partial charge in [-0.3, -0.25) is 9.59 Å². The van der Waals surface area contributed by atoms with Crippen LogP contribution in [0.1, 0.15) is 63.6 Å². The fourth-order valence-corrected chi connectivity index (χ4v) is 4.15. The van der Waals surface area contributed by atoms with E-state index in [-0.39, 0.29) is 46.4 Å². The van der Waals surface area contributed by atoms with Crippen LogP contribution in [0.5, 0.6) is 17.2 Å². The first-order valence-corrected chi connectivity index (χ1v) is 9.99. The number of fused-ring (bicyclic) bond motifs is 2. The van der Waals surface area contributed by atoms with E-state index in [1.807, 2.05) is 6.92 Å². The van der Waals surface area contributed by atoms with Gasteiger partial charge in [-0.2, -0.15) is 0 Å². The zero-order valence-corrected chi connectivity index (χ0v) is 17.1. The number of aromatic hydroxyl groups is 3. The number of hydrogen-bond acceptors (Lipinski definition) is 6. The molecule has 1 atom stereocenters. The molecule has 2 aromatic carbocycles. The summed E-state index contributed by atoms with van der Waals surface area (Å²) in [5, 5.41) is 41.8. The van der Waals surface area contributed by atoms with Gasteiger partial charge >= 0.3 is 0 Å². The minimum atomic E-state index is -1.42. The lowest BCUT2D eigenvalue weighted by atomic mass is 9.80. The van der Waals surface area contributed by atoms with Crippen LogP contribution in [0.15, 0.2) is 24.3 Å². The minimum Gasteiger partial charge on any atom is -0.507 e. The summed E-state index contributed by atoms with van der Waals surface area (Å²) in [6, 6.07) is 5.24. The number of carbonyl (C=O) groups excluding carboxylic acids is 2. The second-order valence-electron chi connectivity index (χ2n) is 7.17. The molecule has 0 aromatic heterocycles. The maximum Gasteiger partial charge on any atom is 0.202 e. The summed E-state index contributed by atoms with van der Waals surface area (Å²) in [4.78, 5) is 24.6. The molecule has 6 nitrogen and oxygen atoms in total. The van der Waals surface area contributed by atoms with E-state index in [0.29, 0.717) is 12.8 Å². The molecule has 1 aliphatic carbocycles. The van der Waals surface area contributed by atoms with Gasteiger partial charge in [0.25, 0.3) is 0 Å². The lowest BCUT2D eigenvalue weighted by molar-refractivity contribution is 0.0355. The summed E-state index contributed by atoms with van der Waals surface area (Å²) in [6.07, 6.45) is 1.06. The van der Waals surface area contributed by atoms with Crippen LogP contribution in [0, 0.1) is 0 Å². The van der Waals surface area contributed by atoms with E-state index in [1.54, 1.807) is 0 Å². The highest BCUT2D eigenvalue weighted by atomic mass is 35.5. The van der Waals surface area contributed by atoms with Gasteiger partial charge in [0.2, 0.25) is 5.78 Å². The molecular formula is C21H20Cl2O6. The smallest absolute Gasteiger partial charge is 0.202 e. The zero-order valence-electron chi connectivity index (χ0n) is 15.6. The van der Waals surface area contributed by atoms with Crippen LogP contribution >= 0.6 is 23.2 Å². The number of hydrogen-bond donors (Lipinski definition) is 4. The topological polar surface area (TPSA) is 115 Å². The summed E-state index contributed by atoms with van der Waals surface area (Å²) < 4.78 is 0. The average Bonchev–Trinajstić information content (AvgIpc) is 2.66. The summed E-state index contributed by atoms with van der Waals surface area (Å²) in [5.41, 5.74) is -2.21. The number of aliphatic hydroxyl groups is 1. The second-order valence-corrected chi connectivity index (χ2v) is 8.26. The van der Waals surface area contributed by atoms with E-state index in [9.17, 15) is 30.0 Å². The predicted molar refractivity (Wildman–Crippen MR) is 108 cm³/mol. The molecule has 29 heavy (non-hydrogen) atoms. The number of halogens is 2. The first-order chi connectivity index (χ1) is 13.6. The molecule has 0 saturated heterocycles. The van der Waals surface area contributed by atoms with Gasteiger partial charge in [-0.05, 0) is 37.0 Å². The SMILES string of the molecule is CCCC(O)(CCc1cc(O)c2c(c1O)C(=O)c1c(O)cccc1C2=O)C(Cl)Cl. The number of phenolic OH excluding ortho intramolecular Hbond substituents is 3. The molecule has 0 saturated carbocycles. The van der Waals surface area contributed by atoms with Gasteiger partial charge in [0.05, 0.1) is 22.3 Å². The Morgan fingerprint density at radius 1 is 0.966 bits per heavy atom. The second kappa shape index (κ2) is 7.86. The number of aryl methyl sites for hydroxylation is 1. The third-order valence-corrected chi connectivity index (χ3v) is 6.06. The maximum absolute atomic E-state index is 12.9. The van der Waals surface area contributed by atoms with Gasteiger partial charge in [-0.1, -0.05) is 25.5 Å². The van der Waals surface area contributed by atoms with E-state index in [4.69, 9.17) is 23.2 Å². The standard InChI is InChI=1S/C21H20Cl2O6/c1-2-7-21(29,20(22)23)8-6-10-9-13(25)15-16(17(10)26)19(28)14-11(18(15)27)4-3-5-12(14)24/h3-5,9,20,24-26,29H,2,6-8H2,1H3. The Labute approximate surface area is 177 Å². The van der Waals surface area contributed by atoms with Crippen LogP contribution in [0.2, 0.25) is 0 Å². The van der Waals surface area contributed by atoms with Crippen LogP contribution in [-0.2, 0) is 6.42 Å². The van der Waals surface area contributed by atoms with E-state index < -0.39 is 33.5 Å². The van der Waals surface area contributed by atoms with Crippen LogP contribution in [0.25, 0.3) is 0 Å². The summed E-state index contributed by atoms with van der Waals surface area (Å²) in [7, 11) is 0. The molecule has 3 rings (SSSR count). The lowest BCUT2D eigenvalue weighted by Gasteiger charge is -2.29. The highest BCUT2D eigenvalue weighted by Gasteiger charge is 2.38. The van der Waals surface area contributed by atoms with Crippen LogP contribution in [0.3, 0.4) is 0 Å². The van der Waals surface area contributed by atoms with Crippen molar-refractivity contribution in [2.45, 2.75) is 43.0 Å². The molecule has 0 bridgehead atoms. The maximum atomic E-state index is 12.9. The van der Waals surface area contributed by atoms with Crippen molar-refractivity contribution >= 4 is 34.8 Å². The molecule has 8 heteroatoms. The van der Waals surface area contributed by atoms with Crippen molar-refractivity contribution in [3.8, 4) is 17.2 Å². The van der Waals surface area contributed by atoms with Crippen LogP contribution < -0.4 is 0 Å². The molecule has 0 fully saturated rings. The fraction of sp³-hybridized carbons (Fsp3) is 0.333. The number of rotatable bonds is 6. The first kappa shape index (κ1) is 21.4. The Balaban J connectivity index is 2.06. The van der Waals surface area contributed by atoms with Crippen molar-refractivity contribution < 1.29 is 30.0 Å². The van der Waals surface area contributed by atoms with Crippen molar-refractivity contribution in [2.24, 2.45) is 0 Å². The molecule has 0 spiro atoms. The largest absolute Gasteiger partial charge is 0.507 e. The molecule has 4 N–H and O–H groups in total. The monoisotopic (exact) mass is 438 g/mol. The van der Waals surface area contributed by atoms with Gasteiger partial charge in [-0.25, -0.2) is 0 Å². The molecular weight excluding hydrogens is 419 g/mol. The van der Waals surface area contributed by atoms with Gasteiger partial charge in [0.1, 0.15) is 22.1 Å². The highest BCUT2D eigenvalue weighted by molar-refractivity contribution is 6.45. The Morgan fingerprint density at radius 3 is 2.28 bits per heavy atom. The molecule has 1 unspecified atom stereocenters. The summed E-state index contributed by atoms with van der Waals surface area (Å²) >= 11 is 11.8. The molecule has 1 aliphatic rings. The predicted octanol–water partition coefficient (Wildman–Crippen LogP) is 3.85. The Morgan fingerprint density at radius 2 is 1.66 bits per heavy atom. The number of benzene rings is 2. The van der Waals surface area contributed by atoms with Crippen molar-refractivity contribution in [1.29, 1.82) is 0 Å². The van der Waals surface area contributed by atoms with Gasteiger partial charge < -0.3 is 20.4 Å². The normalized spacial score (nSPS) is 15.2. The molecule has 0 radical (unpaired) electrons. The number of phenols is 3. The molecule has 0 aliphatic heterocycles. The zero-order chi connectivity index (χ0) is 21.5. The van der Waals surface area contributed by atoms with Crippen molar-refractivity contribution in [1.82, 2.24) is 0 Å². The van der Waals surface area contributed by atoms with Crippen molar-refractivity contribution in [2.75, 3.05) is 0 Å². The third kappa shape index (κ3) is 3.56. The highest BCUT2D eigenvalue weighted by Crippen LogP contribution is 2.43. The van der Waals surface area contributed by atoms with Gasteiger partial charge in [0.15, 0.2) is 5.78 Å². The number of carbonyl (C=O) groups is 2. The van der Waals surface area contributed by atoms with E-state index >= 15 is 0 Å². The minimum absolute atomic E-state index is 0.0469.